The Labute approximate surface area is 211 Å². The Bertz CT molecular complexity index is 1230. The molecule has 15 heteroatoms. The third kappa shape index (κ3) is 4.33. The summed E-state index contributed by atoms with van der Waals surface area (Å²) >= 11 is 1.05. The first-order valence-electron chi connectivity index (χ1n) is 11.9. The molecule has 1 unspecified atom stereocenters. The summed E-state index contributed by atoms with van der Waals surface area (Å²) in [7, 11) is 8.10. The van der Waals surface area contributed by atoms with Crippen molar-refractivity contribution in [2.45, 2.75) is 58.6 Å². The molecule has 4 N–H and O–H groups in total. The number of nitrogens with zero attached hydrogens (tertiary/aromatic N) is 2. The summed E-state index contributed by atoms with van der Waals surface area (Å²) in [6.07, 6.45) is 7.40. The molecule has 1 aromatic heterocycles. The number of aryl methyl sites for hydroxylation is 2. The highest BCUT2D eigenvalue weighted by atomic mass is 32.2. The number of aromatic nitrogens is 1. The van der Waals surface area contributed by atoms with Crippen LogP contribution in [0.1, 0.15) is 40.1 Å². The predicted molar refractivity (Wildman–Crippen MR) is 155 cm³/mol. The van der Waals surface area contributed by atoms with E-state index in [0.29, 0.717) is 5.01 Å². The van der Waals surface area contributed by atoms with Crippen LogP contribution in [0, 0.1) is 0 Å². The van der Waals surface area contributed by atoms with Crippen molar-refractivity contribution in [2.24, 2.45) is 9.50 Å². The normalized spacial score (nSPS) is 17.6. The first kappa shape index (κ1) is 25.7. The molecule has 0 saturated heterocycles. The van der Waals surface area contributed by atoms with Gasteiger partial charge in [0.1, 0.15) is 9.22 Å². The van der Waals surface area contributed by atoms with Crippen LogP contribution < -0.4 is 10.5 Å². The van der Waals surface area contributed by atoms with Crippen LogP contribution in [0.25, 0.3) is 0 Å². The molecule has 0 aliphatic heterocycles. The molecule has 7 nitrogen and oxygen atoms in total. The molecule has 0 spiro atoms. The van der Waals surface area contributed by atoms with Gasteiger partial charge >= 0.3 is 6.03 Å². The molecular formula is C19H30B6N4O3S2. The number of urea groups is 1. The number of rotatable bonds is 5. The van der Waals surface area contributed by atoms with Crippen molar-refractivity contribution >= 4 is 80.0 Å². The molecule has 0 radical (unpaired) electrons. The molecule has 0 saturated carbocycles. The lowest BCUT2D eigenvalue weighted by Crippen LogP contribution is -2.52. The molecule has 174 valence electrons. The fourth-order valence-corrected chi connectivity index (χ4v) is 8.17. The second kappa shape index (κ2) is 8.61. The Kier molecular flexibility index (Phi) is 6.50. The van der Waals surface area contributed by atoms with E-state index < -0.39 is 31.8 Å². The number of hydrogen-bond donors (Lipinski definition) is 3. The molecule has 34 heavy (non-hydrogen) atoms. The van der Waals surface area contributed by atoms with Gasteiger partial charge in [-0.2, -0.15) is 0 Å². The van der Waals surface area contributed by atoms with Crippen LogP contribution in [-0.4, -0.2) is 67.4 Å². The van der Waals surface area contributed by atoms with E-state index in [-0.39, 0.29) is 4.21 Å². The summed E-state index contributed by atoms with van der Waals surface area (Å²) in [6, 6.07) is 1.58. The van der Waals surface area contributed by atoms with Crippen LogP contribution in [0.3, 0.4) is 0 Å². The van der Waals surface area contributed by atoms with Crippen molar-refractivity contribution in [3.63, 3.8) is 0 Å². The summed E-state index contributed by atoms with van der Waals surface area (Å²) in [6.45, 7) is 0. The molecule has 1 heterocycles. The first-order valence-corrected chi connectivity index (χ1v) is 14.3. The van der Waals surface area contributed by atoms with E-state index in [1.165, 1.54) is 28.5 Å². The molecule has 1 atom stereocenters. The van der Waals surface area contributed by atoms with E-state index in [2.05, 4.69) is 20.7 Å². The van der Waals surface area contributed by atoms with Crippen molar-refractivity contribution in [2.75, 3.05) is 5.32 Å². The van der Waals surface area contributed by atoms with Crippen LogP contribution in [0.2, 0.25) is 10.2 Å². The monoisotopic (exact) mass is 492 g/mol. The van der Waals surface area contributed by atoms with E-state index >= 15 is 0 Å². The summed E-state index contributed by atoms with van der Waals surface area (Å²) in [5, 5.41) is 20.0. The fraction of sp³-hybridized carbons (Fsp3) is 0.474. The van der Waals surface area contributed by atoms with Gasteiger partial charge in [0.15, 0.2) is 9.92 Å². The van der Waals surface area contributed by atoms with Gasteiger partial charge in [-0.15, -0.1) is 15.7 Å². The number of nitrogens with two attached hydrogens (primary N) is 1. The number of aliphatic hydroxyl groups is 1. The number of amides is 2. The van der Waals surface area contributed by atoms with Gasteiger partial charge < -0.3 is 10.4 Å². The lowest BCUT2D eigenvalue weighted by Gasteiger charge is -2.49. The number of carbonyl (C=O) groups excluding carboxylic acids is 1. The van der Waals surface area contributed by atoms with Gasteiger partial charge in [-0.3, -0.25) is 0 Å². The smallest absolute Gasteiger partial charge is 0.354 e. The lowest BCUT2D eigenvalue weighted by molar-refractivity contribution is 0.0380. The Morgan fingerprint density at radius 2 is 1.59 bits per heavy atom. The Morgan fingerprint density at radius 1 is 1.06 bits per heavy atom. The minimum Gasteiger partial charge on any atom is -0.386 e. The van der Waals surface area contributed by atoms with Gasteiger partial charge in [0, 0.05) is 5.69 Å². The van der Waals surface area contributed by atoms with Crippen LogP contribution >= 0.6 is 11.3 Å². The molecule has 2 aliphatic carbocycles. The van der Waals surface area contributed by atoms with Crippen LogP contribution in [0.15, 0.2) is 20.8 Å². The van der Waals surface area contributed by atoms with Crippen molar-refractivity contribution < 1.29 is 14.1 Å². The van der Waals surface area contributed by atoms with E-state index in [1.807, 2.05) is 47.1 Å². The molecule has 0 fully saturated rings. The van der Waals surface area contributed by atoms with Gasteiger partial charge in [-0.25, -0.2) is 19.1 Å². The van der Waals surface area contributed by atoms with Gasteiger partial charge in [-0.1, -0.05) is 16.3 Å². The van der Waals surface area contributed by atoms with E-state index in [0.717, 1.165) is 55.5 Å². The zero-order valence-electron chi connectivity index (χ0n) is 20.9. The minimum atomic E-state index is -3.53. The SMILES string of the molecule is BC(B)(B)C(O)(c1ncc(S(N)(=O)=NC(=O)Nc2c3c(cc4c2CCC4)CCC3)s1)C(B)(B)B. The highest BCUT2D eigenvalue weighted by Crippen LogP contribution is 2.51. The van der Waals surface area contributed by atoms with Crippen LogP contribution in [0.4, 0.5) is 10.5 Å². The summed E-state index contributed by atoms with van der Waals surface area (Å²) in [5.41, 5.74) is 4.47. The fourth-order valence-electron chi connectivity index (χ4n) is 5.59. The molecular weight excluding hydrogens is 461 g/mol. The average molecular weight is 491 g/mol. The van der Waals surface area contributed by atoms with Crippen molar-refractivity contribution in [1.82, 2.24) is 4.98 Å². The molecule has 2 aliphatic rings. The van der Waals surface area contributed by atoms with Gasteiger partial charge in [0.05, 0.1) is 58.9 Å². The Morgan fingerprint density at radius 3 is 2.09 bits per heavy atom. The van der Waals surface area contributed by atoms with Gasteiger partial charge in [0.25, 0.3) is 0 Å². The van der Waals surface area contributed by atoms with Crippen LogP contribution in [-0.2, 0) is 41.2 Å². The number of hydrogen-bond acceptors (Lipinski definition) is 5. The van der Waals surface area contributed by atoms with E-state index in [1.54, 1.807) is 0 Å². The highest BCUT2D eigenvalue weighted by molar-refractivity contribution is 7.93. The molecule has 4 rings (SSSR count). The van der Waals surface area contributed by atoms with Crippen molar-refractivity contribution in [3.8, 4) is 0 Å². The second-order valence-electron chi connectivity index (χ2n) is 11.5. The molecule has 0 bridgehead atoms. The number of fused-ring (bicyclic) bond motifs is 2. The maximum Gasteiger partial charge on any atom is 0.354 e. The number of carbonyl (C=O) groups is 1. The van der Waals surface area contributed by atoms with Crippen molar-refractivity contribution in [3.05, 3.63) is 39.5 Å². The number of benzene rings is 1. The lowest BCUT2D eigenvalue weighted by atomic mass is 9.23. The zero-order valence-corrected chi connectivity index (χ0v) is 22.6. The number of thiazole rings is 1. The van der Waals surface area contributed by atoms with E-state index in [4.69, 9.17) is 5.14 Å². The number of anilines is 1. The van der Waals surface area contributed by atoms with Crippen molar-refractivity contribution in [1.29, 1.82) is 0 Å². The molecule has 2 aromatic rings. The second-order valence-corrected chi connectivity index (χ2v) is 14.6. The maximum atomic E-state index is 13.3. The maximum absolute atomic E-state index is 13.3. The summed E-state index contributed by atoms with van der Waals surface area (Å²) in [4.78, 5) is 17.3. The summed E-state index contributed by atoms with van der Waals surface area (Å²) in [5.74, 6) is 0. The Hall–Kier alpha value is -1.42. The van der Waals surface area contributed by atoms with Gasteiger partial charge in [-0.05, 0) is 60.8 Å². The first-order chi connectivity index (χ1) is 15.6. The third-order valence-electron chi connectivity index (χ3n) is 7.18. The topological polar surface area (TPSA) is 118 Å². The standard InChI is InChI=1S/C19H30B6N4O3S2/c20-18(21,22)17(31,19(23,24)25)15-27-8-13(33-15)34(26,32)29-16(30)28-14-11-5-1-3-9(11)7-10-4-2-6-12(10)14/h7-8,31H,1-6,20-25H2,(H3,26,28,29,30,32). The zero-order chi connectivity index (χ0) is 25.1. The van der Waals surface area contributed by atoms with E-state index in [9.17, 15) is 14.1 Å². The average Bonchev–Trinajstić information content (AvgIpc) is 3.44. The predicted octanol–water partition coefficient (Wildman–Crippen LogP) is -2.81. The van der Waals surface area contributed by atoms with Crippen LogP contribution in [0.5, 0.6) is 0 Å². The number of nitrogens with one attached hydrogen (secondary N) is 1. The molecule has 1 aromatic carbocycles. The van der Waals surface area contributed by atoms with Gasteiger partial charge in [0.2, 0.25) is 0 Å². The quantitative estimate of drug-likeness (QED) is 0.392. The minimum absolute atomic E-state index is 0.174. The third-order valence-corrected chi connectivity index (χ3v) is 10.2. The molecule has 2 amide bonds. The Balaban J connectivity index is 1.67. The highest BCUT2D eigenvalue weighted by Gasteiger charge is 2.51. The summed E-state index contributed by atoms with van der Waals surface area (Å²) < 4.78 is 17.4. The largest absolute Gasteiger partial charge is 0.386 e.